The lowest BCUT2D eigenvalue weighted by Crippen LogP contribution is -2.11. The van der Waals surface area contributed by atoms with Gasteiger partial charge in [-0.25, -0.2) is 0 Å². The van der Waals surface area contributed by atoms with Crippen LogP contribution in [0.4, 0.5) is 0 Å². The van der Waals surface area contributed by atoms with Crippen LogP contribution >= 0.6 is 0 Å². The molecule has 2 aromatic rings. The van der Waals surface area contributed by atoms with Crippen LogP contribution in [0, 0.1) is 6.92 Å². The topological polar surface area (TPSA) is 35.5 Å². The first-order valence-electron chi connectivity index (χ1n) is 6.92. The second-order valence-electron chi connectivity index (χ2n) is 4.99. The second-order valence-corrected chi connectivity index (χ2v) is 4.99. The van der Waals surface area contributed by atoms with E-state index in [0.29, 0.717) is 6.42 Å². The molecule has 0 radical (unpaired) electrons. The number of carbonyl (C=O) groups is 1. The molecular formula is C18H20O3. The molecule has 0 heterocycles. The lowest BCUT2D eigenvalue weighted by atomic mass is 9.87. The molecule has 110 valence electrons. The molecule has 1 atom stereocenters. The van der Waals surface area contributed by atoms with E-state index < -0.39 is 0 Å². The molecule has 3 nitrogen and oxygen atoms in total. The molecule has 0 bridgehead atoms. The Hall–Kier alpha value is -2.29. The van der Waals surface area contributed by atoms with Crippen molar-refractivity contribution in [1.82, 2.24) is 0 Å². The third-order valence-corrected chi connectivity index (χ3v) is 3.56. The maximum absolute atomic E-state index is 11.8. The molecule has 21 heavy (non-hydrogen) atoms. The second kappa shape index (κ2) is 6.93. The monoisotopic (exact) mass is 284 g/mol. The quantitative estimate of drug-likeness (QED) is 0.785. The number of rotatable bonds is 5. The van der Waals surface area contributed by atoms with E-state index in [0.717, 1.165) is 22.4 Å². The highest BCUT2D eigenvalue weighted by Crippen LogP contribution is 2.35. The van der Waals surface area contributed by atoms with E-state index in [1.54, 1.807) is 7.11 Å². The van der Waals surface area contributed by atoms with E-state index in [9.17, 15) is 4.79 Å². The van der Waals surface area contributed by atoms with Crippen molar-refractivity contribution in [2.75, 3.05) is 14.2 Å². The van der Waals surface area contributed by atoms with Gasteiger partial charge in [-0.2, -0.15) is 0 Å². The summed E-state index contributed by atoms with van der Waals surface area (Å²) in [6.07, 6.45) is 0.292. The van der Waals surface area contributed by atoms with Gasteiger partial charge >= 0.3 is 5.97 Å². The van der Waals surface area contributed by atoms with E-state index in [2.05, 4.69) is 6.07 Å². The number of benzene rings is 2. The molecule has 0 saturated carbocycles. The zero-order valence-corrected chi connectivity index (χ0v) is 12.6. The predicted molar refractivity (Wildman–Crippen MR) is 82.6 cm³/mol. The Morgan fingerprint density at radius 2 is 1.81 bits per heavy atom. The van der Waals surface area contributed by atoms with Crippen LogP contribution in [-0.4, -0.2) is 20.2 Å². The number of carbonyl (C=O) groups excluding carboxylic acids is 1. The number of ether oxygens (including phenoxy) is 2. The van der Waals surface area contributed by atoms with E-state index in [-0.39, 0.29) is 11.9 Å². The third-order valence-electron chi connectivity index (χ3n) is 3.56. The van der Waals surface area contributed by atoms with Crippen LogP contribution in [0.2, 0.25) is 0 Å². The number of hydrogen-bond acceptors (Lipinski definition) is 3. The Kier molecular flexibility index (Phi) is 4.99. The van der Waals surface area contributed by atoms with Crippen LogP contribution in [0.1, 0.15) is 29.0 Å². The molecule has 0 aliphatic heterocycles. The van der Waals surface area contributed by atoms with Crippen LogP contribution in [0.15, 0.2) is 48.5 Å². The minimum atomic E-state index is -0.229. The van der Waals surface area contributed by atoms with Crippen molar-refractivity contribution in [2.45, 2.75) is 19.3 Å². The van der Waals surface area contributed by atoms with Crippen LogP contribution in [0.3, 0.4) is 0 Å². The van der Waals surface area contributed by atoms with Crippen molar-refractivity contribution >= 4 is 5.97 Å². The van der Waals surface area contributed by atoms with Gasteiger partial charge in [0.05, 0.1) is 20.6 Å². The van der Waals surface area contributed by atoms with Gasteiger partial charge in [0.2, 0.25) is 0 Å². The lowest BCUT2D eigenvalue weighted by molar-refractivity contribution is -0.140. The first-order chi connectivity index (χ1) is 10.2. The SMILES string of the molecule is COC(=O)C[C@H](c1ccccc1)c1cc(C)ccc1OC. The maximum Gasteiger partial charge on any atom is 0.306 e. The van der Waals surface area contributed by atoms with E-state index >= 15 is 0 Å². The minimum Gasteiger partial charge on any atom is -0.496 e. The molecule has 0 aromatic heterocycles. The molecule has 2 rings (SSSR count). The first-order valence-corrected chi connectivity index (χ1v) is 6.92. The van der Waals surface area contributed by atoms with E-state index in [1.165, 1.54) is 7.11 Å². The standard InChI is InChI=1S/C18H20O3/c1-13-9-10-17(20-2)16(11-13)15(12-18(19)21-3)14-7-5-4-6-8-14/h4-11,15H,12H2,1-3H3/t15-/m1/s1. The van der Waals surface area contributed by atoms with Crippen LogP contribution in [0.25, 0.3) is 0 Å². The van der Waals surface area contributed by atoms with Gasteiger partial charge in [-0.15, -0.1) is 0 Å². The lowest BCUT2D eigenvalue weighted by Gasteiger charge is -2.20. The number of aryl methyl sites for hydroxylation is 1. The highest BCUT2D eigenvalue weighted by Gasteiger charge is 2.22. The molecule has 0 aliphatic carbocycles. The average Bonchev–Trinajstić information content (AvgIpc) is 2.53. The molecule has 0 N–H and O–H groups in total. The summed E-state index contributed by atoms with van der Waals surface area (Å²) in [4.78, 5) is 11.8. The van der Waals surface area contributed by atoms with Gasteiger partial charge in [0.1, 0.15) is 5.75 Å². The molecule has 3 heteroatoms. The van der Waals surface area contributed by atoms with Gasteiger partial charge in [-0.1, -0.05) is 48.0 Å². The van der Waals surface area contributed by atoms with Crippen molar-refractivity contribution in [2.24, 2.45) is 0 Å². The third kappa shape index (κ3) is 3.63. The Labute approximate surface area is 125 Å². The van der Waals surface area contributed by atoms with Crippen LogP contribution < -0.4 is 4.74 Å². The smallest absolute Gasteiger partial charge is 0.306 e. The summed E-state index contributed by atoms with van der Waals surface area (Å²) in [7, 11) is 3.06. The Morgan fingerprint density at radius 3 is 2.43 bits per heavy atom. The molecule has 0 amide bonds. The zero-order valence-electron chi connectivity index (χ0n) is 12.6. The van der Waals surface area contributed by atoms with Crippen LogP contribution in [0.5, 0.6) is 5.75 Å². The first kappa shape index (κ1) is 15.1. The number of hydrogen-bond donors (Lipinski definition) is 0. The van der Waals surface area contributed by atoms with Gasteiger partial charge in [-0.3, -0.25) is 4.79 Å². The summed E-state index contributed by atoms with van der Waals surface area (Å²) < 4.78 is 10.3. The fourth-order valence-corrected chi connectivity index (χ4v) is 2.47. The largest absolute Gasteiger partial charge is 0.496 e. The van der Waals surface area contributed by atoms with Gasteiger partial charge in [-0.05, 0) is 18.6 Å². The molecule has 0 spiro atoms. The normalized spacial score (nSPS) is 11.8. The Balaban J connectivity index is 2.49. The fraction of sp³-hybridized carbons (Fsp3) is 0.278. The Morgan fingerprint density at radius 1 is 1.10 bits per heavy atom. The van der Waals surface area contributed by atoms with E-state index in [1.807, 2.05) is 49.4 Å². The van der Waals surface area contributed by atoms with Crippen LogP contribution in [-0.2, 0) is 9.53 Å². The highest BCUT2D eigenvalue weighted by molar-refractivity contribution is 5.71. The van der Waals surface area contributed by atoms with Crippen molar-refractivity contribution in [3.63, 3.8) is 0 Å². The van der Waals surface area contributed by atoms with Gasteiger partial charge in [0.15, 0.2) is 0 Å². The zero-order chi connectivity index (χ0) is 15.2. The summed E-state index contributed by atoms with van der Waals surface area (Å²) in [6.45, 7) is 2.03. The molecule has 0 fully saturated rings. The molecule has 0 unspecified atom stereocenters. The molecule has 2 aromatic carbocycles. The van der Waals surface area contributed by atoms with E-state index in [4.69, 9.17) is 9.47 Å². The summed E-state index contributed by atoms with van der Waals surface area (Å²) >= 11 is 0. The Bertz CT molecular complexity index is 605. The minimum absolute atomic E-state index is 0.0755. The number of esters is 1. The van der Waals surface area contributed by atoms with Crippen molar-refractivity contribution < 1.29 is 14.3 Å². The molecule has 0 aliphatic rings. The summed E-state index contributed by atoms with van der Waals surface area (Å²) in [5, 5.41) is 0. The van der Waals surface area contributed by atoms with Crippen molar-refractivity contribution in [1.29, 1.82) is 0 Å². The average molecular weight is 284 g/mol. The highest BCUT2D eigenvalue weighted by atomic mass is 16.5. The predicted octanol–water partition coefficient (Wildman–Crippen LogP) is 3.70. The maximum atomic E-state index is 11.8. The van der Waals surface area contributed by atoms with Crippen molar-refractivity contribution in [3.8, 4) is 5.75 Å². The van der Waals surface area contributed by atoms with Gasteiger partial charge in [0.25, 0.3) is 0 Å². The fourth-order valence-electron chi connectivity index (χ4n) is 2.47. The number of methoxy groups -OCH3 is 2. The molecule has 0 saturated heterocycles. The van der Waals surface area contributed by atoms with Gasteiger partial charge in [0, 0.05) is 11.5 Å². The summed E-state index contributed by atoms with van der Waals surface area (Å²) in [5.74, 6) is 0.485. The van der Waals surface area contributed by atoms with Gasteiger partial charge < -0.3 is 9.47 Å². The summed E-state index contributed by atoms with van der Waals surface area (Å²) in [6, 6.07) is 16.0. The summed E-state index contributed by atoms with van der Waals surface area (Å²) in [5.41, 5.74) is 3.22. The van der Waals surface area contributed by atoms with Crippen molar-refractivity contribution in [3.05, 3.63) is 65.2 Å². The molecular weight excluding hydrogens is 264 g/mol.